The zero-order chi connectivity index (χ0) is 24.6. The summed E-state index contributed by atoms with van der Waals surface area (Å²) in [5, 5.41) is 7.76. The second-order valence-corrected chi connectivity index (χ2v) is 8.28. The van der Waals surface area contributed by atoms with Gasteiger partial charge in [-0.2, -0.15) is 0 Å². The average Bonchev–Trinajstić information content (AvgIpc) is 3.31. The maximum Gasteiger partial charge on any atom is 0.337 e. The van der Waals surface area contributed by atoms with Crippen LogP contribution in [0.3, 0.4) is 0 Å². The summed E-state index contributed by atoms with van der Waals surface area (Å²) in [5.74, 6) is 0.211. The number of nitrogens with one attached hydrogen (secondary N) is 3. The van der Waals surface area contributed by atoms with Gasteiger partial charge in [0, 0.05) is 41.8 Å². The normalized spacial score (nSPS) is 11.7. The molecule has 7 heteroatoms. The van der Waals surface area contributed by atoms with E-state index in [1.54, 1.807) is 43.5 Å². The number of fused-ring (bicyclic) bond motifs is 1. The van der Waals surface area contributed by atoms with E-state index in [2.05, 4.69) is 21.7 Å². The van der Waals surface area contributed by atoms with Crippen molar-refractivity contribution in [2.24, 2.45) is 0 Å². The lowest BCUT2D eigenvalue weighted by molar-refractivity contribution is 0.0600. The number of para-hydroxylation sites is 1. The van der Waals surface area contributed by atoms with Crippen LogP contribution >= 0.6 is 0 Å². The molecule has 3 aromatic carbocycles. The molecule has 0 fully saturated rings. The van der Waals surface area contributed by atoms with Crippen LogP contribution in [0.1, 0.15) is 31.8 Å². The molecule has 4 aromatic rings. The van der Waals surface area contributed by atoms with Crippen molar-refractivity contribution in [1.82, 2.24) is 15.6 Å². The van der Waals surface area contributed by atoms with Gasteiger partial charge in [-0.25, -0.2) is 4.79 Å². The number of carbonyl (C=O) groups excluding carboxylic acids is 2. The Labute approximate surface area is 204 Å². The largest absolute Gasteiger partial charge is 0.497 e. The Kier molecular flexibility index (Phi) is 7.80. The molecule has 0 aliphatic heterocycles. The highest BCUT2D eigenvalue weighted by molar-refractivity contribution is 5.94. The van der Waals surface area contributed by atoms with Crippen LogP contribution in [0.15, 0.2) is 79.0 Å². The summed E-state index contributed by atoms with van der Waals surface area (Å²) < 4.78 is 9.94. The monoisotopic (exact) mass is 471 g/mol. The Morgan fingerprint density at radius 2 is 1.63 bits per heavy atom. The average molecular weight is 472 g/mol. The molecule has 0 aliphatic carbocycles. The van der Waals surface area contributed by atoms with Crippen LogP contribution in [0.25, 0.3) is 10.9 Å². The maximum absolute atomic E-state index is 13.0. The van der Waals surface area contributed by atoms with Gasteiger partial charge in [-0.05, 0) is 60.0 Å². The quantitative estimate of drug-likeness (QED) is 0.303. The maximum atomic E-state index is 13.0. The summed E-state index contributed by atoms with van der Waals surface area (Å²) in [6, 6.07) is 22.3. The first-order valence-corrected chi connectivity index (χ1v) is 11.4. The van der Waals surface area contributed by atoms with Crippen molar-refractivity contribution < 1.29 is 19.1 Å². The van der Waals surface area contributed by atoms with Crippen LogP contribution in [-0.4, -0.2) is 43.7 Å². The van der Waals surface area contributed by atoms with E-state index in [1.807, 2.05) is 36.5 Å². The highest BCUT2D eigenvalue weighted by atomic mass is 16.5. The van der Waals surface area contributed by atoms with E-state index in [0.29, 0.717) is 36.4 Å². The van der Waals surface area contributed by atoms with Crippen LogP contribution < -0.4 is 15.4 Å². The first-order valence-electron chi connectivity index (χ1n) is 11.4. The molecule has 1 heterocycles. The fourth-order valence-electron chi connectivity index (χ4n) is 4.02. The van der Waals surface area contributed by atoms with E-state index in [-0.39, 0.29) is 17.9 Å². The summed E-state index contributed by atoms with van der Waals surface area (Å²) in [6.45, 7) is 1.17. The number of amides is 1. The Bertz CT molecular complexity index is 1280. The first-order chi connectivity index (χ1) is 17.1. The molecule has 1 aromatic heterocycles. The van der Waals surface area contributed by atoms with E-state index in [0.717, 1.165) is 22.0 Å². The van der Waals surface area contributed by atoms with E-state index in [1.165, 1.54) is 7.11 Å². The third kappa shape index (κ3) is 6.07. The van der Waals surface area contributed by atoms with Gasteiger partial charge in [0.2, 0.25) is 0 Å². The minimum Gasteiger partial charge on any atom is -0.497 e. The fraction of sp³-hybridized carbons (Fsp3) is 0.214. The van der Waals surface area contributed by atoms with Crippen LogP contribution in [0.4, 0.5) is 0 Å². The van der Waals surface area contributed by atoms with E-state index >= 15 is 0 Å². The molecule has 35 heavy (non-hydrogen) atoms. The second-order valence-electron chi connectivity index (χ2n) is 8.28. The van der Waals surface area contributed by atoms with Gasteiger partial charge in [-0.15, -0.1) is 0 Å². The number of methoxy groups -OCH3 is 2. The lowest BCUT2D eigenvalue weighted by Gasteiger charge is -2.20. The topological polar surface area (TPSA) is 92.5 Å². The van der Waals surface area contributed by atoms with Crippen molar-refractivity contribution in [3.05, 3.63) is 101 Å². The van der Waals surface area contributed by atoms with Gasteiger partial charge in [0.1, 0.15) is 5.75 Å². The number of H-pyrrole nitrogens is 1. The molecule has 0 bridgehead atoms. The molecule has 3 N–H and O–H groups in total. The van der Waals surface area contributed by atoms with Gasteiger partial charge < -0.3 is 25.1 Å². The number of esters is 1. The Morgan fingerprint density at radius 3 is 2.34 bits per heavy atom. The van der Waals surface area contributed by atoms with Crippen molar-refractivity contribution in [3.63, 3.8) is 0 Å². The van der Waals surface area contributed by atoms with Crippen molar-refractivity contribution in [3.8, 4) is 5.75 Å². The number of rotatable bonds is 10. The number of aromatic nitrogens is 1. The van der Waals surface area contributed by atoms with Crippen LogP contribution in [0.5, 0.6) is 5.75 Å². The van der Waals surface area contributed by atoms with Crippen molar-refractivity contribution in [2.45, 2.75) is 19.0 Å². The first kappa shape index (κ1) is 24.0. The number of ether oxygens (including phenoxy) is 2. The molecular formula is C28H29N3O4. The number of carbonyl (C=O) groups is 2. The molecule has 0 saturated heterocycles. The van der Waals surface area contributed by atoms with Crippen LogP contribution in [-0.2, 0) is 17.7 Å². The molecule has 7 nitrogen and oxygen atoms in total. The number of hydrogen-bond acceptors (Lipinski definition) is 5. The predicted octanol–water partition coefficient (Wildman–Crippen LogP) is 4.09. The van der Waals surface area contributed by atoms with Crippen molar-refractivity contribution in [2.75, 3.05) is 20.8 Å². The Morgan fingerprint density at radius 1 is 0.914 bits per heavy atom. The molecule has 0 aliphatic rings. The molecule has 180 valence electrons. The number of hydrogen-bond donors (Lipinski definition) is 3. The lowest BCUT2D eigenvalue weighted by atomic mass is 10.0. The van der Waals surface area contributed by atoms with Crippen LogP contribution in [0.2, 0.25) is 0 Å². The van der Waals surface area contributed by atoms with Gasteiger partial charge >= 0.3 is 5.97 Å². The lowest BCUT2D eigenvalue weighted by Crippen LogP contribution is -2.43. The highest BCUT2D eigenvalue weighted by Gasteiger charge is 2.17. The van der Waals surface area contributed by atoms with E-state index in [4.69, 9.17) is 9.47 Å². The molecule has 4 rings (SSSR count). The Balaban J connectivity index is 1.44. The third-order valence-electron chi connectivity index (χ3n) is 5.92. The van der Waals surface area contributed by atoms with E-state index in [9.17, 15) is 9.59 Å². The van der Waals surface area contributed by atoms with Crippen molar-refractivity contribution in [1.29, 1.82) is 0 Å². The summed E-state index contributed by atoms with van der Waals surface area (Å²) >= 11 is 0. The number of benzene rings is 3. The molecular weight excluding hydrogens is 442 g/mol. The minimum atomic E-state index is -0.357. The second kappa shape index (κ2) is 11.4. The highest BCUT2D eigenvalue weighted by Crippen LogP contribution is 2.19. The van der Waals surface area contributed by atoms with Gasteiger partial charge in [0.15, 0.2) is 0 Å². The predicted molar refractivity (Wildman–Crippen MR) is 136 cm³/mol. The molecule has 0 unspecified atom stereocenters. The van der Waals surface area contributed by atoms with Gasteiger partial charge in [-0.1, -0.05) is 30.3 Å². The van der Waals surface area contributed by atoms with Crippen LogP contribution in [0, 0.1) is 0 Å². The summed E-state index contributed by atoms with van der Waals surface area (Å²) in [4.78, 5) is 27.9. The zero-order valence-electron chi connectivity index (χ0n) is 19.8. The third-order valence-corrected chi connectivity index (χ3v) is 5.92. The molecule has 1 atom stereocenters. The summed E-state index contributed by atoms with van der Waals surface area (Å²) in [5.41, 5.74) is 4.34. The molecule has 1 amide bonds. The Hall–Kier alpha value is -4.10. The zero-order valence-corrected chi connectivity index (χ0v) is 19.8. The smallest absolute Gasteiger partial charge is 0.337 e. The fourth-order valence-corrected chi connectivity index (χ4v) is 4.02. The molecule has 0 spiro atoms. The van der Waals surface area contributed by atoms with Gasteiger partial charge in [0.25, 0.3) is 5.91 Å². The van der Waals surface area contributed by atoms with Gasteiger partial charge in [-0.3, -0.25) is 4.79 Å². The van der Waals surface area contributed by atoms with Gasteiger partial charge in [0.05, 0.1) is 19.8 Å². The minimum absolute atomic E-state index is 0.137. The molecule has 0 saturated carbocycles. The van der Waals surface area contributed by atoms with Crippen molar-refractivity contribution >= 4 is 22.8 Å². The van der Waals surface area contributed by atoms with E-state index < -0.39 is 0 Å². The summed E-state index contributed by atoms with van der Waals surface area (Å²) in [7, 11) is 2.97. The SMILES string of the molecule is COC(=O)c1ccc(CNC[C@H](Cc2c[nH]c3ccccc23)NC(=O)c2ccc(OC)cc2)cc1. The molecule has 0 radical (unpaired) electrons. The number of aromatic amines is 1. The standard InChI is InChI=1S/C28H29N3O4/c1-34-24-13-11-20(12-14-24)27(32)31-23(15-22-17-30-26-6-4-3-5-25(22)26)18-29-16-19-7-9-21(10-8-19)28(33)35-2/h3-14,17,23,29-30H,15-16,18H2,1-2H3,(H,31,32)/t23-/m0/s1. The summed E-state index contributed by atoms with van der Waals surface area (Å²) in [6.07, 6.45) is 2.67.